The van der Waals surface area contributed by atoms with E-state index in [1.165, 1.54) is 6.42 Å². The second-order valence-corrected chi connectivity index (χ2v) is 5.99. The van der Waals surface area contributed by atoms with Crippen molar-refractivity contribution in [1.82, 2.24) is 9.97 Å². The third-order valence-electron chi connectivity index (χ3n) is 3.49. The molecule has 2 rings (SSSR count). The van der Waals surface area contributed by atoms with Gasteiger partial charge in [-0.25, -0.2) is 4.98 Å². The molecule has 4 heteroatoms. The third kappa shape index (κ3) is 2.92. The third-order valence-corrected chi connectivity index (χ3v) is 3.49. The summed E-state index contributed by atoms with van der Waals surface area (Å²) in [4.78, 5) is 21.4. The van der Waals surface area contributed by atoms with Crippen molar-refractivity contribution in [3.63, 3.8) is 0 Å². The highest BCUT2D eigenvalue weighted by atomic mass is 16.1. The lowest BCUT2D eigenvalue weighted by atomic mass is 9.92. The van der Waals surface area contributed by atoms with Gasteiger partial charge in [0, 0.05) is 25.1 Å². The van der Waals surface area contributed by atoms with Gasteiger partial charge in [-0.05, 0) is 18.3 Å². The highest BCUT2D eigenvalue weighted by Crippen LogP contribution is 2.24. The SMILES string of the molecule is CC1CC(C)CN(c2cc(=O)[nH]c(C(C)C)n2)C1. The molecule has 1 aromatic rings. The van der Waals surface area contributed by atoms with Gasteiger partial charge in [0.1, 0.15) is 11.6 Å². The first-order chi connectivity index (χ1) is 8.45. The van der Waals surface area contributed by atoms with Gasteiger partial charge in [0.15, 0.2) is 0 Å². The minimum atomic E-state index is -0.0467. The highest BCUT2D eigenvalue weighted by molar-refractivity contribution is 5.38. The van der Waals surface area contributed by atoms with Gasteiger partial charge in [-0.2, -0.15) is 0 Å². The molecule has 100 valence electrons. The van der Waals surface area contributed by atoms with Crippen molar-refractivity contribution >= 4 is 5.82 Å². The molecule has 4 nitrogen and oxygen atoms in total. The number of aromatic amines is 1. The summed E-state index contributed by atoms with van der Waals surface area (Å²) in [5.41, 5.74) is -0.0467. The van der Waals surface area contributed by atoms with E-state index in [9.17, 15) is 4.79 Å². The van der Waals surface area contributed by atoms with E-state index < -0.39 is 0 Å². The largest absolute Gasteiger partial charge is 0.356 e. The molecule has 1 aromatic heterocycles. The molecule has 1 aliphatic rings. The first-order valence-corrected chi connectivity index (χ1v) is 6.82. The number of piperidine rings is 1. The number of anilines is 1. The van der Waals surface area contributed by atoms with E-state index in [0.717, 1.165) is 24.7 Å². The maximum Gasteiger partial charge on any atom is 0.252 e. The molecular weight excluding hydrogens is 226 g/mol. The van der Waals surface area contributed by atoms with Crippen LogP contribution in [-0.2, 0) is 0 Å². The van der Waals surface area contributed by atoms with Crippen LogP contribution in [0.5, 0.6) is 0 Å². The predicted octanol–water partition coefficient (Wildman–Crippen LogP) is 2.38. The van der Waals surface area contributed by atoms with Crippen LogP contribution in [0.3, 0.4) is 0 Å². The molecule has 0 bridgehead atoms. The number of hydrogen-bond donors (Lipinski definition) is 1. The summed E-state index contributed by atoms with van der Waals surface area (Å²) in [6.07, 6.45) is 1.26. The lowest BCUT2D eigenvalue weighted by molar-refractivity contribution is 0.355. The Morgan fingerprint density at radius 1 is 1.33 bits per heavy atom. The van der Waals surface area contributed by atoms with Crippen molar-refractivity contribution in [2.45, 2.75) is 40.0 Å². The van der Waals surface area contributed by atoms with E-state index in [4.69, 9.17) is 0 Å². The number of nitrogens with one attached hydrogen (secondary N) is 1. The van der Waals surface area contributed by atoms with Crippen LogP contribution >= 0.6 is 0 Å². The molecule has 0 aliphatic carbocycles. The number of rotatable bonds is 2. The van der Waals surface area contributed by atoms with Gasteiger partial charge < -0.3 is 9.88 Å². The molecular formula is C14H23N3O. The van der Waals surface area contributed by atoms with E-state index in [0.29, 0.717) is 11.8 Å². The van der Waals surface area contributed by atoms with Crippen LogP contribution in [0.2, 0.25) is 0 Å². The summed E-state index contributed by atoms with van der Waals surface area (Å²) in [7, 11) is 0. The van der Waals surface area contributed by atoms with Crippen molar-refractivity contribution in [2.24, 2.45) is 11.8 Å². The Balaban J connectivity index is 2.29. The molecule has 1 saturated heterocycles. The van der Waals surface area contributed by atoms with Gasteiger partial charge in [-0.15, -0.1) is 0 Å². The first kappa shape index (κ1) is 13.1. The molecule has 0 amide bonds. The monoisotopic (exact) mass is 249 g/mol. The second kappa shape index (κ2) is 5.12. The zero-order chi connectivity index (χ0) is 13.3. The van der Waals surface area contributed by atoms with Crippen molar-refractivity contribution in [3.8, 4) is 0 Å². The molecule has 2 heterocycles. The van der Waals surface area contributed by atoms with Crippen molar-refractivity contribution in [3.05, 3.63) is 22.2 Å². The van der Waals surface area contributed by atoms with Crippen molar-refractivity contribution < 1.29 is 0 Å². The molecule has 0 spiro atoms. The molecule has 2 unspecified atom stereocenters. The van der Waals surface area contributed by atoms with Crippen LogP contribution < -0.4 is 10.5 Å². The van der Waals surface area contributed by atoms with Crippen LogP contribution in [0.25, 0.3) is 0 Å². The molecule has 0 aromatic carbocycles. The fraction of sp³-hybridized carbons (Fsp3) is 0.714. The molecule has 1 aliphatic heterocycles. The van der Waals surface area contributed by atoms with E-state index in [1.807, 2.05) is 13.8 Å². The van der Waals surface area contributed by atoms with Crippen molar-refractivity contribution in [1.29, 1.82) is 0 Å². The smallest absolute Gasteiger partial charge is 0.252 e. The average molecular weight is 249 g/mol. The molecule has 2 atom stereocenters. The molecule has 0 radical (unpaired) electrons. The Labute approximate surface area is 108 Å². The summed E-state index contributed by atoms with van der Waals surface area (Å²) in [6.45, 7) is 10.6. The highest BCUT2D eigenvalue weighted by Gasteiger charge is 2.23. The predicted molar refractivity (Wildman–Crippen MR) is 74.1 cm³/mol. The van der Waals surface area contributed by atoms with Gasteiger partial charge in [0.2, 0.25) is 0 Å². The Morgan fingerprint density at radius 2 is 1.94 bits per heavy atom. The summed E-state index contributed by atoms with van der Waals surface area (Å²) in [5, 5.41) is 0. The number of nitrogens with zero attached hydrogens (tertiary/aromatic N) is 2. The Kier molecular flexibility index (Phi) is 3.73. The van der Waals surface area contributed by atoms with E-state index >= 15 is 0 Å². The fourth-order valence-corrected chi connectivity index (χ4v) is 2.75. The number of aromatic nitrogens is 2. The van der Waals surface area contributed by atoms with Crippen LogP contribution in [-0.4, -0.2) is 23.1 Å². The molecule has 0 saturated carbocycles. The lowest BCUT2D eigenvalue weighted by Crippen LogP contribution is -2.40. The van der Waals surface area contributed by atoms with Crippen LogP contribution in [0.4, 0.5) is 5.82 Å². The Morgan fingerprint density at radius 3 is 2.50 bits per heavy atom. The van der Waals surface area contributed by atoms with Crippen molar-refractivity contribution in [2.75, 3.05) is 18.0 Å². The second-order valence-electron chi connectivity index (χ2n) is 5.99. The maximum absolute atomic E-state index is 11.7. The first-order valence-electron chi connectivity index (χ1n) is 6.82. The maximum atomic E-state index is 11.7. The summed E-state index contributed by atoms with van der Waals surface area (Å²) in [5.74, 6) is 3.19. The minimum absolute atomic E-state index is 0.0467. The van der Waals surface area contributed by atoms with E-state index in [-0.39, 0.29) is 11.5 Å². The number of hydrogen-bond acceptors (Lipinski definition) is 3. The van der Waals surface area contributed by atoms with Crippen LogP contribution in [0.1, 0.15) is 45.9 Å². The molecule has 1 N–H and O–H groups in total. The topological polar surface area (TPSA) is 49.0 Å². The average Bonchev–Trinajstić information content (AvgIpc) is 2.26. The summed E-state index contributed by atoms with van der Waals surface area (Å²) < 4.78 is 0. The van der Waals surface area contributed by atoms with Gasteiger partial charge in [-0.1, -0.05) is 27.7 Å². The summed E-state index contributed by atoms with van der Waals surface area (Å²) in [6, 6.07) is 1.62. The minimum Gasteiger partial charge on any atom is -0.356 e. The van der Waals surface area contributed by atoms with Gasteiger partial charge in [0.05, 0.1) is 0 Å². The lowest BCUT2D eigenvalue weighted by Gasteiger charge is -2.35. The Bertz CT molecular complexity index is 456. The van der Waals surface area contributed by atoms with Crippen LogP contribution in [0, 0.1) is 11.8 Å². The van der Waals surface area contributed by atoms with Gasteiger partial charge >= 0.3 is 0 Å². The number of H-pyrrole nitrogens is 1. The Hall–Kier alpha value is -1.32. The summed E-state index contributed by atoms with van der Waals surface area (Å²) >= 11 is 0. The van der Waals surface area contributed by atoms with E-state index in [2.05, 4.69) is 28.7 Å². The van der Waals surface area contributed by atoms with Crippen LogP contribution in [0.15, 0.2) is 10.9 Å². The quantitative estimate of drug-likeness (QED) is 0.875. The molecule has 1 fully saturated rings. The standard InChI is InChI=1S/C14H23N3O/c1-9(2)14-15-12(6-13(18)16-14)17-7-10(3)5-11(4)8-17/h6,9-11H,5,7-8H2,1-4H3,(H,15,16,18). The zero-order valence-corrected chi connectivity index (χ0v) is 11.7. The fourth-order valence-electron chi connectivity index (χ4n) is 2.75. The zero-order valence-electron chi connectivity index (χ0n) is 11.7. The molecule has 18 heavy (non-hydrogen) atoms. The van der Waals surface area contributed by atoms with E-state index in [1.54, 1.807) is 6.07 Å². The van der Waals surface area contributed by atoms with Gasteiger partial charge in [0.25, 0.3) is 5.56 Å². The normalized spacial score (nSPS) is 24.6. The van der Waals surface area contributed by atoms with Gasteiger partial charge in [-0.3, -0.25) is 4.79 Å².